The fourth-order valence-corrected chi connectivity index (χ4v) is 3.87. The Hall–Kier alpha value is -1.69. The van der Waals surface area contributed by atoms with Gasteiger partial charge in [-0.05, 0) is 49.5 Å². The summed E-state index contributed by atoms with van der Waals surface area (Å²) < 4.78 is 2.17. The van der Waals surface area contributed by atoms with Gasteiger partial charge in [0.1, 0.15) is 6.33 Å². The Morgan fingerprint density at radius 2 is 2.23 bits per heavy atom. The second-order valence-electron chi connectivity index (χ2n) is 6.31. The van der Waals surface area contributed by atoms with E-state index < -0.39 is 0 Å². The summed E-state index contributed by atoms with van der Waals surface area (Å²) in [6.45, 7) is 1.81. The first-order valence-electron chi connectivity index (χ1n) is 8.04. The molecule has 0 bridgehead atoms. The lowest BCUT2D eigenvalue weighted by Gasteiger charge is -2.35. The maximum absolute atomic E-state index is 12.8. The highest BCUT2D eigenvalue weighted by molar-refractivity contribution is 7.08. The first kappa shape index (κ1) is 13.9. The molecule has 0 aromatic carbocycles. The zero-order valence-electron chi connectivity index (χ0n) is 12.5. The van der Waals surface area contributed by atoms with Crippen molar-refractivity contribution in [2.45, 2.75) is 44.7 Å². The number of amides is 1. The molecule has 0 unspecified atom stereocenters. The third kappa shape index (κ3) is 2.67. The fraction of sp³-hybridized carbons (Fsp3) is 0.562. The molecule has 116 valence electrons. The van der Waals surface area contributed by atoms with E-state index in [1.807, 2.05) is 28.1 Å². The van der Waals surface area contributed by atoms with E-state index in [0.29, 0.717) is 0 Å². The van der Waals surface area contributed by atoms with Crippen molar-refractivity contribution in [1.82, 2.24) is 19.7 Å². The number of carbonyl (C=O) groups is 1. The van der Waals surface area contributed by atoms with Crippen molar-refractivity contribution in [2.75, 3.05) is 6.54 Å². The van der Waals surface area contributed by atoms with Crippen LogP contribution in [0.15, 0.2) is 23.2 Å². The van der Waals surface area contributed by atoms with Crippen molar-refractivity contribution in [3.63, 3.8) is 0 Å². The van der Waals surface area contributed by atoms with Crippen LogP contribution in [0.25, 0.3) is 0 Å². The average Bonchev–Trinajstić information content (AvgIpc) is 3.03. The zero-order valence-corrected chi connectivity index (χ0v) is 13.3. The number of hydrogen-bond donors (Lipinski definition) is 0. The minimum Gasteiger partial charge on any atom is -0.328 e. The lowest BCUT2D eigenvalue weighted by atomic mass is 10.0. The minimum absolute atomic E-state index is 0.0717. The number of aromatic nitrogens is 3. The lowest BCUT2D eigenvalue weighted by Crippen LogP contribution is -2.39. The van der Waals surface area contributed by atoms with Crippen LogP contribution in [0.1, 0.15) is 54.3 Å². The van der Waals surface area contributed by atoms with Gasteiger partial charge in [0.15, 0.2) is 5.82 Å². The predicted octanol–water partition coefficient (Wildman–Crippen LogP) is 3.12. The summed E-state index contributed by atoms with van der Waals surface area (Å²) in [7, 11) is 0. The van der Waals surface area contributed by atoms with Gasteiger partial charge >= 0.3 is 0 Å². The lowest BCUT2D eigenvalue weighted by molar-refractivity contribution is 0.0594. The molecule has 0 radical (unpaired) electrons. The van der Waals surface area contributed by atoms with Gasteiger partial charge in [-0.2, -0.15) is 11.3 Å². The van der Waals surface area contributed by atoms with E-state index in [1.165, 1.54) is 12.8 Å². The van der Waals surface area contributed by atoms with Gasteiger partial charge in [-0.15, -0.1) is 10.2 Å². The Morgan fingerprint density at radius 1 is 1.32 bits per heavy atom. The Morgan fingerprint density at radius 3 is 3.00 bits per heavy atom. The van der Waals surface area contributed by atoms with Crippen LogP contribution in [0.3, 0.4) is 0 Å². The molecule has 0 spiro atoms. The van der Waals surface area contributed by atoms with E-state index in [-0.39, 0.29) is 11.9 Å². The predicted molar refractivity (Wildman–Crippen MR) is 84.7 cm³/mol. The number of carbonyl (C=O) groups excluding carboxylic acids is 1. The van der Waals surface area contributed by atoms with Gasteiger partial charge in [0.25, 0.3) is 5.91 Å². The maximum atomic E-state index is 12.8. The molecule has 4 rings (SSSR count). The van der Waals surface area contributed by atoms with E-state index in [2.05, 4.69) is 14.8 Å². The zero-order chi connectivity index (χ0) is 14.9. The fourth-order valence-electron chi connectivity index (χ4n) is 3.24. The summed E-state index contributed by atoms with van der Waals surface area (Å²) in [4.78, 5) is 14.8. The first-order valence-corrected chi connectivity index (χ1v) is 8.98. The highest BCUT2D eigenvalue weighted by atomic mass is 32.1. The first-order chi connectivity index (χ1) is 10.8. The van der Waals surface area contributed by atoms with Crippen LogP contribution in [-0.4, -0.2) is 32.1 Å². The molecule has 1 aliphatic carbocycles. The molecule has 1 saturated heterocycles. The van der Waals surface area contributed by atoms with E-state index in [0.717, 1.165) is 49.7 Å². The van der Waals surface area contributed by atoms with Gasteiger partial charge in [0.05, 0.1) is 11.6 Å². The molecule has 6 heteroatoms. The van der Waals surface area contributed by atoms with Crippen molar-refractivity contribution in [3.05, 3.63) is 34.5 Å². The Balaban J connectivity index is 1.60. The monoisotopic (exact) mass is 316 g/mol. The highest BCUT2D eigenvalue weighted by Gasteiger charge is 2.33. The van der Waals surface area contributed by atoms with E-state index in [1.54, 1.807) is 11.3 Å². The molecule has 3 heterocycles. The van der Waals surface area contributed by atoms with Gasteiger partial charge < -0.3 is 9.47 Å². The molecular formula is C16H20N4OS. The number of piperidine rings is 1. The number of rotatable bonds is 4. The third-order valence-corrected chi connectivity index (χ3v) is 5.31. The van der Waals surface area contributed by atoms with Crippen LogP contribution < -0.4 is 0 Å². The molecule has 5 nitrogen and oxygen atoms in total. The van der Waals surface area contributed by atoms with Crippen molar-refractivity contribution in [3.8, 4) is 0 Å². The van der Waals surface area contributed by atoms with Crippen LogP contribution in [0, 0.1) is 5.92 Å². The largest absolute Gasteiger partial charge is 0.328 e. The molecule has 1 amide bonds. The molecule has 1 aliphatic heterocycles. The van der Waals surface area contributed by atoms with Gasteiger partial charge in [-0.1, -0.05) is 0 Å². The highest BCUT2D eigenvalue weighted by Crippen LogP contribution is 2.34. The SMILES string of the molecule is O=C(c1ccsc1)N1CCCC[C@@H]1c1nncn1CC1CC1. The normalized spacial score (nSPS) is 22.0. The van der Waals surface area contributed by atoms with Gasteiger partial charge in [0, 0.05) is 18.5 Å². The van der Waals surface area contributed by atoms with E-state index >= 15 is 0 Å². The Kier molecular flexibility index (Phi) is 3.70. The molecule has 1 saturated carbocycles. The molecule has 22 heavy (non-hydrogen) atoms. The number of likely N-dealkylation sites (tertiary alicyclic amines) is 1. The Labute approximate surface area is 134 Å². The second kappa shape index (κ2) is 5.83. The van der Waals surface area contributed by atoms with Gasteiger partial charge in [-0.25, -0.2) is 0 Å². The quantitative estimate of drug-likeness (QED) is 0.871. The van der Waals surface area contributed by atoms with Gasteiger partial charge in [0.2, 0.25) is 0 Å². The molecule has 2 fully saturated rings. The second-order valence-corrected chi connectivity index (χ2v) is 7.09. The molecule has 0 N–H and O–H groups in total. The average molecular weight is 316 g/mol. The number of thiophene rings is 1. The number of nitrogens with zero attached hydrogens (tertiary/aromatic N) is 4. The van der Waals surface area contributed by atoms with Crippen molar-refractivity contribution >= 4 is 17.2 Å². The van der Waals surface area contributed by atoms with Crippen LogP contribution in [0.4, 0.5) is 0 Å². The molecular weight excluding hydrogens is 296 g/mol. The Bertz CT molecular complexity index is 647. The van der Waals surface area contributed by atoms with E-state index in [9.17, 15) is 4.79 Å². The minimum atomic E-state index is 0.0717. The summed E-state index contributed by atoms with van der Waals surface area (Å²) in [6, 6.07) is 1.98. The van der Waals surface area contributed by atoms with Crippen LogP contribution in [-0.2, 0) is 6.54 Å². The summed E-state index contributed by atoms with van der Waals surface area (Å²) in [5.41, 5.74) is 0.796. The van der Waals surface area contributed by atoms with Gasteiger partial charge in [-0.3, -0.25) is 4.79 Å². The maximum Gasteiger partial charge on any atom is 0.255 e. The van der Waals surface area contributed by atoms with Crippen molar-refractivity contribution in [1.29, 1.82) is 0 Å². The van der Waals surface area contributed by atoms with Crippen LogP contribution in [0.2, 0.25) is 0 Å². The molecule has 2 aliphatic rings. The van der Waals surface area contributed by atoms with Crippen molar-refractivity contribution in [2.24, 2.45) is 5.92 Å². The summed E-state index contributed by atoms with van der Waals surface area (Å²) >= 11 is 1.57. The topological polar surface area (TPSA) is 51.0 Å². The molecule has 2 aromatic heterocycles. The summed E-state index contributed by atoms with van der Waals surface area (Å²) in [5, 5.41) is 12.4. The standard InChI is InChI=1S/C16H20N4OS/c21-16(13-6-8-22-10-13)20-7-2-1-3-14(20)15-18-17-11-19(15)9-12-4-5-12/h6,8,10-12,14H,1-5,7,9H2/t14-/m1/s1. The number of hydrogen-bond acceptors (Lipinski definition) is 4. The summed E-state index contributed by atoms with van der Waals surface area (Å²) in [6.07, 6.45) is 7.64. The summed E-state index contributed by atoms with van der Waals surface area (Å²) in [5.74, 6) is 1.88. The molecule has 2 aromatic rings. The van der Waals surface area contributed by atoms with E-state index in [4.69, 9.17) is 0 Å². The third-order valence-electron chi connectivity index (χ3n) is 4.63. The smallest absolute Gasteiger partial charge is 0.255 e. The molecule has 1 atom stereocenters. The van der Waals surface area contributed by atoms with Crippen molar-refractivity contribution < 1.29 is 4.79 Å². The van der Waals surface area contributed by atoms with Crippen LogP contribution >= 0.6 is 11.3 Å². The van der Waals surface area contributed by atoms with Crippen LogP contribution in [0.5, 0.6) is 0 Å².